The second kappa shape index (κ2) is 10.5. The molecule has 0 saturated heterocycles. The smallest absolute Gasteiger partial charge is 0.302 e. The molecule has 4 aliphatic rings. The van der Waals surface area contributed by atoms with E-state index in [1.54, 1.807) is 0 Å². The van der Waals surface area contributed by atoms with Crippen LogP contribution < -0.4 is 0 Å². The largest absolute Gasteiger partial charge is 0.463 e. The Balaban J connectivity index is 1.56. The molecule has 9 atom stereocenters. The predicted molar refractivity (Wildman–Crippen MR) is 134 cm³/mol. The van der Waals surface area contributed by atoms with Crippen molar-refractivity contribution in [2.45, 2.75) is 105 Å². The molecule has 4 aliphatic carbocycles. The van der Waals surface area contributed by atoms with Crippen LogP contribution in [0.2, 0.25) is 0 Å². The molecule has 3 saturated carbocycles. The number of ether oxygens (including phenoxy) is 4. The van der Waals surface area contributed by atoms with Gasteiger partial charge in [-0.1, -0.05) is 25.5 Å². The second-order valence-electron chi connectivity index (χ2n) is 12.1. The van der Waals surface area contributed by atoms with Gasteiger partial charge in [-0.15, -0.1) is 0 Å². The first-order chi connectivity index (χ1) is 17.0. The summed E-state index contributed by atoms with van der Waals surface area (Å²) in [6.07, 6.45) is 9.20. The highest BCUT2D eigenvalue weighted by molar-refractivity contribution is 5.66. The molecule has 0 aromatic carbocycles. The summed E-state index contributed by atoms with van der Waals surface area (Å²) in [6.45, 7) is 11.8. The quantitative estimate of drug-likeness (QED) is 0.208. The molecule has 0 heterocycles. The van der Waals surface area contributed by atoms with Crippen molar-refractivity contribution >= 4 is 17.9 Å². The molecule has 0 radical (unpaired) electrons. The van der Waals surface area contributed by atoms with Crippen molar-refractivity contribution in [1.82, 2.24) is 0 Å². The van der Waals surface area contributed by atoms with Gasteiger partial charge >= 0.3 is 17.9 Å². The van der Waals surface area contributed by atoms with Gasteiger partial charge in [-0.05, 0) is 74.0 Å². The maximum Gasteiger partial charge on any atom is 0.302 e. The van der Waals surface area contributed by atoms with Crippen LogP contribution in [0.1, 0.15) is 86.5 Å². The average molecular weight is 505 g/mol. The number of fused-ring (bicyclic) bond motifs is 5. The molecule has 0 aromatic rings. The Hall–Kier alpha value is -1.89. The Morgan fingerprint density at radius 1 is 1.00 bits per heavy atom. The van der Waals surface area contributed by atoms with Crippen LogP contribution in [0.5, 0.6) is 0 Å². The van der Waals surface area contributed by atoms with E-state index in [1.807, 2.05) is 6.92 Å². The molecule has 3 fully saturated rings. The lowest BCUT2D eigenvalue weighted by molar-refractivity contribution is -0.158. The molecular formula is C29H44O7. The Morgan fingerprint density at radius 2 is 1.75 bits per heavy atom. The average Bonchev–Trinajstić information content (AvgIpc) is 3.08. The van der Waals surface area contributed by atoms with Gasteiger partial charge in [0.15, 0.2) is 0 Å². The summed E-state index contributed by atoms with van der Waals surface area (Å²) in [5.41, 5.74) is 1.63. The maximum atomic E-state index is 11.9. The van der Waals surface area contributed by atoms with E-state index in [0.717, 1.165) is 44.9 Å². The topological polar surface area (TPSA) is 88.1 Å². The van der Waals surface area contributed by atoms with Crippen LogP contribution in [0.4, 0.5) is 0 Å². The molecule has 0 unspecified atom stereocenters. The molecule has 0 amide bonds. The number of esters is 3. The van der Waals surface area contributed by atoms with E-state index in [-0.39, 0.29) is 59.6 Å². The number of hydrogen-bond donors (Lipinski definition) is 0. The fraction of sp³-hybridized carbons (Fsp3) is 0.828. The van der Waals surface area contributed by atoms with Gasteiger partial charge in [0.2, 0.25) is 0 Å². The summed E-state index contributed by atoms with van der Waals surface area (Å²) < 4.78 is 22.8. The Bertz CT molecular complexity index is 896. The zero-order chi connectivity index (χ0) is 26.3. The third kappa shape index (κ3) is 5.09. The first kappa shape index (κ1) is 27.2. The standard InChI is InChI=1S/C29H44O7/c1-17(35-19(3)31)27-26(34-14-13-33-18(2)30)16-25-23-8-7-21-15-22(36-20(4)32)9-11-28(21,5)24(23)10-12-29(25,27)6/h7,17,22-27H,8-16H2,1-6H3/t17-,22-,23+,24-,25-,26+,27-,28-,29-/m0/s1. The molecule has 36 heavy (non-hydrogen) atoms. The van der Waals surface area contributed by atoms with Gasteiger partial charge in [0.1, 0.15) is 18.8 Å². The van der Waals surface area contributed by atoms with Crippen molar-refractivity contribution in [2.24, 2.45) is 34.5 Å². The third-order valence-electron chi connectivity index (χ3n) is 10.1. The molecular weight excluding hydrogens is 460 g/mol. The molecule has 0 N–H and O–H groups in total. The van der Waals surface area contributed by atoms with Crippen molar-refractivity contribution in [3.63, 3.8) is 0 Å². The van der Waals surface area contributed by atoms with Crippen molar-refractivity contribution in [3.05, 3.63) is 11.6 Å². The summed E-state index contributed by atoms with van der Waals surface area (Å²) in [7, 11) is 0. The zero-order valence-corrected chi connectivity index (χ0v) is 22.8. The lowest BCUT2D eigenvalue weighted by atomic mass is 9.47. The molecule has 7 heteroatoms. The van der Waals surface area contributed by atoms with E-state index in [1.165, 1.54) is 26.3 Å². The summed E-state index contributed by atoms with van der Waals surface area (Å²) in [4.78, 5) is 34.6. The van der Waals surface area contributed by atoms with E-state index in [0.29, 0.717) is 24.4 Å². The summed E-state index contributed by atoms with van der Waals surface area (Å²) >= 11 is 0. The summed E-state index contributed by atoms with van der Waals surface area (Å²) in [5.74, 6) is 0.963. The van der Waals surface area contributed by atoms with Crippen LogP contribution in [0.25, 0.3) is 0 Å². The number of hydrogen-bond acceptors (Lipinski definition) is 7. The van der Waals surface area contributed by atoms with Gasteiger partial charge < -0.3 is 18.9 Å². The minimum absolute atomic E-state index is 0.00248. The number of carbonyl (C=O) groups excluding carboxylic acids is 3. The van der Waals surface area contributed by atoms with Crippen molar-refractivity contribution < 1.29 is 33.3 Å². The van der Waals surface area contributed by atoms with Crippen LogP contribution in [0.15, 0.2) is 11.6 Å². The summed E-state index contributed by atoms with van der Waals surface area (Å²) in [6, 6.07) is 0. The first-order valence-corrected chi connectivity index (χ1v) is 13.7. The Kier molecular flexibility index (Phi) is 7.89. The van der Waals surface area contributed by atoms with Gasteiger partial charge in [-0.3, -0.25) is 14.4 Å². The zero-order valence-electron chi connectivity index (χ0n) is 22.8. The number of carbonyl (C=O) groups is 3. The molecule has 7 nitrogen and oxygen atoms in total. The lowest BCUT2D eigenvalue weighted by Crippen LogP contribution is -2.52. The predicted octanol–water partition coefficient (Wildman–Crippen LogP) is 5.01. The van der Waals surface area contributed by atoms with Gasteiger partial charge in [0.05, 0.1) is 12.7 Å². The van der Waals surface area contributed by atoms with E-state index in [4.69, 9.17) is 18.9 Å². The van der Waals surface area contributed by atoms with E-state index < -0.39 is 0 Å². The van der Waals surface area contributed by atoms with Crippen molar-refractivity contribution in [3.8, 4) is 0 Å². The minimum Gasteiger partial charge on any atom is -0.463 e. The molecule has 0 aliphatic heterocycles. The fourth-order valence-corrected chi connectivity index (χ4v) is 8.72. The van der Waals surface area contributed by atoms with Gasteiger partial charge in [-0.2, -0.15) is 0 Å². The first-order valence-electron chi connectivity index (χ1n) is 13.7. The molecule has 0 bridgehead atoms. The van der Waals surface area contributed by atoms with E-state index in [9.17, 15) is 14.4 Å². The number of rotatable bonds is 7. The normalized spacial score (nSPS) is 40.1. The third-order valence-corrected chi connectivity index (χ3v) is 10.1. The van der Waals surface area contributed by atoms with Gasteiger partial charge in [-0.25, -0.2) is 0 Å². The Labute approximate surface area is 215 Å². The SMILES string of the molecule is CC(=O)OCCO[C@@H]1C[C@H]2[C@@H]3CC=C4C[C@@H](OC(C)=O)CC[C@]4(C)[C@H]3CC[C@]2(C)[C@H]1[C@H](C)OC(C)=O. The lowest BCUT2D eigenvalue weighted by Gasteiger charge is -2.58. The minimum atomic E-state index is -0.306. The van der Waals surface area contributed by atoms with E-state index in [2.05, 4.69) is 19.9 Å². The molecule has 0 aromatic heterocycles. The van der Waals surface area contributed by atoms with Crippen LogP contribution in [-0.4, -0.2) is 49.4 Å². The number of allylic oxidation sites excluding steroid dienone is 1. The van der Waals surface area contributed by atoms with E-state index >= 15 is 0 Å². The maximum absolute atomic E-state index is 11.9. The molecule has 4 rings (SSSR count). The van der Waals surface area contributed by atoms with Crippen LogP contribution in [0, 0.1) is 34.5 Å². The molecule has 202 valence electrons. The van der Waals surface area contributed by atoms with Gasteiger partial charge in [0, 0.05) is 33.1 Å². The van der Waals surface area contributed by atoms with Crippen LogP contribution in [-0.2, 0) is 33.3 Å². The highest BCUT2D eigenvalue weighted by Crippen LogP contribution is 2.67. The second-order valence-corrected chi connectivity index (χ2v) is 12.1. The van der Waals surface area contributed by atoms with Crippen molar-refractivity contribution in [1.29, 1.82) is 0 Å². The monoisotopic (exact) mass is 504 g/mol. The van der Waals surface area contributed by atoms with Crippen LogP contribution in [0.3, 0.4) is 0 Å². The van der Waals surface area contributed by atoms with Crippen LogP contribution >= 0.6 is 0 Å². The highest BCUT2D eigenvalue weighted by atomic mass is 16.6. The Morgan fingerprint density at radius 3 is 2.42 bits per heavy atom. The van der Waals surface area contributed by atoms with Crippen molar-refractivity contribution in [2.75, 3.05) is 13.2 Å². The highest BCUT2D eigenvalue weighted by Gasteiger charge is 2.62. The van der Waals surface area contributed by atoms with Gasteiger partial charge in [0.25, 0.3) is 0 Å². The molecule has 0 spiro atoms. The summed E-state index contributed by atoms with van der Waals surface area (Å²) in [5, 5.41) is 0. The fourth-order valence-electron chi connectivity index (χ4n) is 8.72.